The third-order valence-electron chi connectivity index (χ3n) is 6.06. The normalized spacial score (nSPS) is 22.3. The largest absolute Gasteiger partial charge is 0.379 e. The van der Waals surface area contributed by atoms with Crippen LogP contribution in [0.3, 0.4) is 0 Å². The second-order valence-electron chi connectivity index (χ2n) is 7.88. The van der Waals surface area contributed by atoms with Gasteiger partial charge in [0, 0.05) is 61.1 Å². The molecule has 1 aliphatic carbocycles. The maximum atomic E-state index is 5.45. The van der Waals surface area contributed by atoms with Crippen molar-refractivity contribution in [3.05, 3.63) is 43.1 Å². The average Bonchev–Trinajstić information content (AvgIpc) is 3.19. The Labute approximate surface area is 173 Å². The smallest absolute Gasteiger partial charge is 0.241 e. The third kappa shape index (κ3) is 3.16. The van der Waals surface area contributed by atoms with Crippen LogP contribution in [0.25, 0.3) is 27.8 Å². The van der Waals surface area contributed by atoms with Gasteiger partial charge in [-0.15, -0.1) is 5.10 Å². The van der Waals surface area contributed by atoms with E-state index in [0.29, 0.717) is 23.7 Å². The summed E-state index contributed by atoms with van der Waals surface area (Å²) >= 11 is 0. The second-order valence-corrected chi connectivity index (χ2v) is 7.88. The molecule has 1 saturated carbocycles. The van der Waals surface area contributed by atoms with Crippen molar-refractivity contribution in [1.29, 1.82) is 0 Å². The highest BCUT2D eigenvalue weighted by Gasteiger charge is 2.34. The third-order valence-corrected chi connectivity index (χ3v) is 6.06. The first-order chi connectivity index (χ1) is 14.8. The van der Waals surface area contributed by atoms with Gasteiger partial charge >= 0.3 is 0 Å². The molecule has 0 radical (unpaired) electrons. The van der Waals surface area contributed by atoms with Crippen molar-refractivity contribution in [3.8, 4) is 11.1 Å². The van der Waals surface area contributed by atoms with Gasteiger partial charge in [-0.1, -0.05) is 0 Å². The van der Waals surface area contributed by atoms with Gasteiger partial charge < -0.3 is 10.1 Å². The summed E-state index contributed by atoms with van der Waals surface area (Å²) in [6, 6.07) is 5.10. The SMILES string of the molecule is c1cnc2ncc(-c3ccn4nc(N[C@H]5C[C@H](N6CCOCC6)C5)ncc34)cc2n1. The highest BCUT2D eigenvalue weighted by atomic mass is 16.5. The maximum Gasteiger partial charge on any atom is 0.241 e. The first-order valence-electron chi connectivity index (χ1n) is 10.3. The molecule has 9 nitrogen and oxygen atoms in total. The summed E-state index contributed by atoms with van der Waals surface area (Å²) in [6.07, 6.45) is 11.2. The molecule has 0 bridgehead atoms. The summed E-state index contributed by atoms with van der Waals surface area (Å²) in [5.41, 5.74) is 4.35. The van der Waals surface area contributed by atoms with Gasteiger partial charge in [0.15, 0.2) is 5.65 Å². The molecular weight excluding hydrogens is 380 g/mol. The number of rotatable bonds is 4. The van der Waals surface area contributed by atoms with E-state index in [2.05, 4.69) is 35.3 Å². The molecule has 6 rings (SSSR count). The van der Waals surface area contributed by atoms with Crippen LogP contribution in [0.1, 0.15) is 12.8 Å². The van der Waals surface area contributed by atoms with Gasteiger partial charge in [-0.25, -0.2) is 19.5 Å². The van der Waals surface area contributed by atoms with Crippen molar-refractivity contribution < 1.29 is 4.74 Å². The van der Waals surface area contributed by atoms with Crippen LogP contribution in [-0.2, 0) is 4.74 Å². The van der Waals surface area contributed by atoms with Crippen molar-refractivity contribution in [2.75, 3.05) is 31.6 Å². The van der Waals surface area contributed by atoms with Crippen molar-refractivity contribution in [2.24, 2.45) is 0 Å². The number of nitrogens with zero attached hydrogens (tertiary/aromatic N) is 7. The average molecular weight is 402 g/mol. The van der Waals surface area contributed by atoms with Crippen LogP contribution in [-0.4, -0.2) is 72.8 Å². The van der Waals surface area contributed by atoms with E-state index in [0.717, 1.165) is 61.3 Å². The number of nitrogens with one attached hydrogen (secondary N) is 1. The summed E-state index contributed by atoms with van der Waals surface area (Å²) in [7, 11) is 0. The van der Waals surface area contributed by atoms with Gasteiger partial charge in [0.1, 0.15) is 5.52 Å². The standard InChI is InChI=1S/C21H22N8O/c1-4-29-19(17(1)14-9-18-20(24-12-14)23-3-2-22-18)13-25-21(27-29)26-15-10-16(11-15)28-5-7-30-8-6-28/h1-4,9,12-13,15-16H,5-8,10-11H2,(H,26,27)/t15-,16-. The van der Waals surface area contributed by atoms with E-state index in [-0.39, 0.29) is 0 Å². The van der Waals surface area contributed by atoms with Gasteiger partial charge in [-0.3, -0.25) is 9.88 Å². The van der Waals surface area contributed by atoms with E-state index >= 15 is 0 Å². The number of ether oxygens (including phenoxy) is 1. The first kappa shape index (κ1) is 17.7. The minimum atomic E-state index is 0.425. The maximum absolute atomic E-state index is 5.45. The second kappa shape index (κ2) is 7.26. The van der Waals surface area contributed by atoms with Gasteiger partial charge in [-0.05, 0) is 25.0 Å². The summed E-state index contributed by atoms with van der Waals surface area (Å²) in [6.45, 7) is 3.79. The Balaban J connectivity index is 1.18. The number of hydrogen-bond donors (Lipinski definition) is 1. The van der Waals surface area contributed by atoms with Crippen LogP contribution in [0.2, 0.25) is 0 Å². The molecule has 1 saturated heterocycles. The van der Waals surface area contributed by atoms with E-state index in [9.17, 15) is 0 Å². The molecule has 0 unspecified atom stereocenters. The zero-order valence-corrected chi connectivity index (χ0v) is 16.5. The molecule has 1 N–H and O–H groups in total. The molecule has 2 aliphatic rings. The van der Waals surface area contributed by atoms with Gasteiger partial charge in [0.25, 0.3) is 0 Å². The van der Waals surface area contributed by atoms with E-state index in [4.69, 9.17) is 4.74 Å². The minimum absolute atomic E-state index is 0.425. The molecule has 1 aliphatic heterocycles. The Morgan fingerprint density at radius 2 is 1.87 bits per heavy atom. The number of aromatic nitrogens is 6. The number of hydrogen-bond acceptors (Lipinski definition) is 8. The molecule has 0 aromatic carbocycles. The molecule has 4 aromatic rings. The number of pyridine rings is 1. The van der Waals surface area contributed by atoms with Crippen molar-refractivity contribution in [1.82, 2.24) is 34.4 Å². The fraction of sp³-hybridized carbons (Fsp3) is 0.381. The summed E-state index contributed by atoms with van der Waals surface area (Å²) in [4.78, 5) is 20.1. The first-order valence-corrected chi connectivity index (χ1v) is 10.3. The van der Waals surface area contributed by atoms with Crippen molar-refractivity contribution in [2.45, 2.75) is 24.9 Å². The van der Waals surface area contributed by atoms with Crippen LogP contribution in [0.5, 0.6) is 0 Å². The Morgan fingerprint density at radius 1 is 1.00 bits per heavy atom. The quantitative estimate of drug-likeness (QED) is 0.554. The van der Waals surface area contributed by atoms with Gasteiger partial charge in [0.05, 0.1) is 24.9 Å². The van der Waals surface area contributed by atoms with E-state index in [1.54, 1.807) is 12.4 Å². The zero-order valence-electron chi connectivity index (χ0n) is 16.5. The Morgan fingerprint density at radius 3 is 2.77 bits per heavy atom. The minimum Gasteiger partial charge on any atom is -0.379 e. The molecule has 2 fully saturated rings. The molecule has 152 valence electrons. The summed E-state index contributed by atoms with van der Waals surface area (Å²) in [5.74, 6) is 0.664. The molecule has 9 heteroatoms. The van der Waals surface area contributed by atoms with Crippen LogP contribution in [0, 0.1) is 0 Å². The van der Waals surface area contributed by atoms with Crippen molar-refractivity contribution in [3.63, 3.8) is 0 Å². The van der Waals surface area contributed by atoms with Crippen LogP contribution in [0.4, 0.5) is 5.95 Å². The fourth-order valence-corrected chi connectivity index (χ4v) is 4.34. The lowest BCUT2D eigenvalue weighted by molar-refractivity contribution is -0.00443. The Hall–Kier alpha value is -3.17. The zero-order chi connectivity index (χ0) is 19.9. The van der Waals surface area contributed by atoms with Crippen LogP contribution >= 0.6 is 0 Å². The van der Waals surface area contributed by atoms with Crippen molar-refractivity contribution >= 4 is 22.6 Å². The number of anilines is 1. The van der Waals surface area contributed by atoms with E-state index in [1.807, 2.05) is 35.2 Å². The monoisotopic (exact) mass is 402 g/mol. The lowest BCUT2D eigenvalue weighted by Gasteiger charge is -2.44. The molecule has 0 atom stereocenters. The highest BCUT2D eigenvalue weighted by molar-refractivity contribution is 5.84. The number of morpholine rings is 1. The molecule has 4 aromatic heterocycles. The van der Waals surface area contributed by atoms with Crippen LogP contribution < -0.4 is 5.32 Å². The van der Waals surface area contributed by atoms with Gasteiger partial charge in [0.2, 0.25) is 5.95 Å². The summed E-state index contributed by atoms with van der Waals surface area (Å²) < 4.78 is 7.31. The number of fused-ring (bicyclic) bond motifs is 2. The predicted octanol–water partition coefficient (Wildman–Crippen LogP) is 2.01. The Bertz CT molecular complexity index is 1200. The summed E-state index contributed by atoms with van der Waals surface area (Å²) in [5, 5.41) is 8.14. The lowest BCUT2D eigenvalue weighted by atomic mass is 9.85. The van der Waals surface area contributed by atoms with Crippen LogP contribution in [0.15, 0.2) is 43.1 Å². The highest BCUT2D eigenvalue weighted by Crippen LogP contribution is 2.29. The molecule has 30 heavy (non-hydrogen) atoms. The predicted molar refractivity (Wildman–Crippen MR) is 112 cm³/mol. The lowest BCUT2D eigenvalue weighted by Crippen LogP contribution is -2.53. The topological polar surface area (TPSA) is 93.4 Å². The Kier molecular flexibility index (Phi) is 4.28. The molecule has 5 heterocycles. The van der Waals surface area contributed by atoms with E-state index in [1.165, 1.54) is 0 Å². The molecule has 0 amide bonds. The van der Waals surface area contributed by atoms with E-state index < -0.39 is 0 Å². The molecular formula is C21H22N8O. The molecule has 0 spiro atoms. The fourth-order valence-electron chi connectivity index (χ4n) is 4.34. The van der Waals surface area contributed by atoms with Gasteiger partial charge in [-0.2, -0.15) is 0 Å².